The first-order chi connectivity index (χ1) is 13.3. The van der Waals surface area contributed by atoms with Gasteiger partial charge in [-0.05, 0) is 39.8 Å². The monoisotopic (exact) mass is 383 g/mol. The van der Waals surface area contributed by atoms with Gasteiger partial charge in [0.15, 0.2) is 0 Å². The first kappa shape index (κ1) is 19.7. The zero-order valence-corrected chi connectivity index (χ0v) is 16.9. The van der Waals surface area contributed by atoms with Gasteiger partial charge in [-0.2, -0.15) is 5.10 Å². The van der Waals surface area contributed by atoms with Crippen LogP contribution in [0.15, 0.2) is 33.5 Å². The highest BCUT2D eigenvalue weighted by atomic mass is 16.5. The van der Waals surface area contributed by atoms with Crippen LogP contribution in [-0.4, -0.2) is 34.2 Å². The van der Waals surface area contributed by atoms with Gasteiger partial charge in [0.2, 0.25) is 0 Å². The zero-order chi connectivity index (χ0) is 20.4. The number of aryl methyl sites for hydroxylation is 2. The standard InChI is InChI=1S/C21H25N3O4/c1-6-24-14(4)18(13(3)22-24)12-23(5)21(26)17-11-20(25)28-19-10-15(27-7-2)8-9-16(17)19/h8-11H,6-7,12H2,1-5H3. The van der Waals surface area contributed by atoms with E-state index < -0.39 is 5.63 Å². The molecule has 0 spiro atoms. The smallest absolute Gasteiger partial charge is 0.337 e. The number of ether oxygens (including phenoxy) is 1. The third kappa shape index (κ3) is 3.65. The summed E-state index contributed by atoms with van der Waals surface area (Å²) < 4.78 is 12.6. The Labute approximate surface area is 163 Å². The van der Waals surface area contributed by atoms with Crippen LogP contribution >= 0.6 is 0 Å². The first-order valence-corrected chi connectivity index (χ1v) is 9.34. The molecule has 1 aromatic carbocycles. The molecule has 7 heteroatoms. The lowest BCUT2D eigenvalue weighted by molar-refractivity contribution is 0.0786. The summed E-state index contributed by atoms with van der Waals surface area (Å²) in [6, 6.07) is 6.39. The van der Waals surface area contributed by atoms with Crippen molar-refractivity contribution in [3.8, 4) is 5.75 Å². The minimum absolute atomic E-state index is 0.245. The van der Waals surface area contributed by atoms with E-state index in [1.165, 1.54) is 6.07 Å². The molecule has 3 rings (SSSR count). The number of hydrogen-bond donors (Lipinski definition) is 0. The van der Waals surface area contributed by atoms with E-state index in [0.29, 0.717) is 35.4 Å². The summed E-state index contributed by atoms with van der Waals surface area (Å²) in [7, 11) is 1.72. The Kier molecular flexibility index (Phi) is 5.53. The molecule has 0 saturated carbocycles. The van der Waals surface area contributed by atoms with Crippen LogP contribution in [0.2, 0.25) is 0 Å². The van der Waals surface area contributed by atoms with E-state index >= 15 is 0 Å². The van der Waals surface area contributed by atoms with Crippen molar-refractivity contribution in [3.05, 3.63) is 57.2 Å². The SMILES string of the molecule is CCOc1ccc2c(C(=O)N(C)Cc3c(C)nn(CC)c3C)cc(=O)oc2c1. The van der Waals surface area contributed by atoms with Gasteiger partial charge in [0, 0.05) is 48.9 Å². The molecule has 28 heavy (non-hydrogen) atoms. The highest BCUT2D eigenvalue weighted by molar-refractivity contribution is 6.05. The molecule has 7 nitrogen and oxygen atoms in total. The fraction of sp³-hybridized carbons (Fsp3) is 0.381. The molecule has 0 radical (unpaired) electrons. The Morgan fingerprint density at radius 2 is 2.00 bits per heavy atom. The number of aromatic nitrogens is 2. The van der Waals surface area contributed by atoms with Crippen LogP contribution in [0.3, 0.4) is 0 Å². The van der Waals surface area contributed by atoms with E-state index in [0.717, 1.165) is 23.5 Å². The van der Waals surface area contributed by atoms with Crippen molar-refractivity contribution in [2.24, 2.45) is 0 Å². The van der Waals surface area contributed by atoms with E-state index in [9.17, 15) is 9.59 Å². The van der Waals surface area contributed by atoms with Crippen LogP contribution in [-0.2, 0) is 13.1 Å². The van der Waals surface area contributed by atoms with Gasteiger partial charge >= 0.3 is 5.63 Å². The van der Waals surface area contributed by atoms with Gasteiger partial charge < -0.3 is 14.1 Å². The van der Waals surface area contributed by atoms with Crippen molar-refractivity contribution in [1.29, 1.82) is 0 Å². The van der Waals surface area contributed by atoms with E-state index in [1.807, 2.05) is 32.4 Å². The van der Waals surface area contributed by atoms with Crippen molar-refractivity contribution in [1.82, 2.24) is 14.7 Å². The third-order valence-corrected chi connectivity index (χ3v) is 4.83. The normalized spacial score (nSPS) is 11.0. The van der Waals surface area contributed by atoms with Crippen LogP contribution in [0.1, 0.15) is 41.2 Å². The Bertz CT molecular complexity index is 1080. The number of fused-ring (bicyclic) bond motifs is 1. The summed E-state index contributed by atoms with van der Waals surface area (Å²) in [4.78, 5) is 26.7. The molecule has 0 atom stereocenters. The molecule has 0 N–H and O–H groups in total. The molecular formula is C21H25N3O4. The molecule has 3 aromatic rings. The van der Waals surface area contributed by atoms with Crippen molar-refractivity contribution < 1.29 is 13.9 Å². The maximum absolute atomic E-state index is 13.1. The number of carbonyl (C=O) groups excluding carboxylic acids is 1. The lowest BCUT2D eigenvalue weighted by Gasteiger charge is -2.18. The number of amides is 1. The lowest BCUT2D eigenvalue weighted by Crippen LogP contribution is -2.27. The van der Waals surface area contributed by atoms with Gasteiger partial charge in [-0.3, -0.25) is 9.48 Å². The molecule has 0 aliphatic heterocycles. The van der Waals surface area contributed by atoms with Crippen molar-refractivity contribution in [2.45, 2.75) is 40.8 Å². The topological polar surface area (TPSA) is 77.6 Å². The molecule has 2 heterocycles. The van der Waals surface area contributed by atoms with Gasteiger partial charge in [-0.1, -0.05) is 0 Å². The summed E-state index contributed by atoms with van der Waals surface area (Å²) in [5.41, 5.74) is 3.04. The summed E-state index contributed by atoms with van der Waals surface area (Å²) in [5, 5.41) is 5.09. The van der Waals surface area contributed by atoms with Gasteiger partial charge in [0.25, 0.3) is 5.91 Å². The fourth-order valence-corrected chi connectivity index (χ4v) is 3.36. The molecule has 0 saturated heterocycles. The van der Waals surface area contributed by atoms with Gasteiger partial charge in [0.05, 0.1) is 17.9 Å². The molecular weight excluding hydrogens is 358 g/mol. The number of hydrogen-bond acceptors (Lipinski definition) is 5. The molecule has 148 valence electrons. The predicted molar refractivity (Wildman–Crippen MR) is 107 cm³/mol. The van der Waals surface area contributed by atoms with Crippen molar-refractivity contribution in [3.63, 3.8) is 0 Å². The Balaban J connectivity index is 1.96. The maximum atomic E-state index is 13.1. The second-order valence-corrected chi connectivity index (χ2v) is 6.70. The Morgan fingerprint density at radius 1 is 1.25 bits per heavy atom. The van der Waals surface area contributed by atoms with Gasteiger partial charge in [-0.15, -0.1) is 0 Å². The largest absolute Gasteiger partial charge is 0.494 e. The molecule has 0 fully saturated rings. The predicted octanol–water partition coefficient (Wildman–Crippen LogP) is 3.30. The average Bonchev–Trinajstić information content (AvgIpc) is 2.94. The van der Waals surface area contributed by atoms with E-state index in [1.54, 1.807) is 30.1 Å². The summed E-state index contributed by atoms with van der Waals surface area (Å²) >= 11 is 0. The number of rotatable bonds is 6. The van der Waals surface area contributed by atoms with Gasteiger partial charge in [-0.25, -0.2) is 4.79 Å². The van der Waals surface area contributed by atoms with Crippen molar-refractivity contribution in [2.75, 3.05) is 13.7 Å². The summed E-state index contributed by atoms with van der Waals surface area (Å²) in [5.74, 6) is 0.347. The first-order valence-electron chi connectivity index (χ1n) is 9.34. The van der Waals surface area contributed by atoms with Crippen LogP contribution in [0.25, 0.3) is 11.0 Å². The second-order valence-electron chi connectivity index (χ2n) is 6.70. The fourth-order valence-electron chi connectivity index (χ4n) is 3.36. The highest BCUT2D eigenvalue weighted by Crippen LogP contribution is 2.24. The number of benzene rings is 1. The zero-order valence-electron chi connectivity index (χ0n) is 16.9. The molecule has 1 amide bonds. The van der Waals surface area contributed by atoms with E-state index in [2.05, 4.69) is 5.10 Å². The maximum Gasteiger partial charge on any atom is 0.337 e. The summed E-state index contributed by atoms with van der Waals surface area (Å²) in [6.45, 7) is 9.53. The minimum atomic E-state index is -0.566. The molecule has 2 aromatic heterocycles. The minimum Gasteiger partial charge on any atom is -0.494 e. The molecule has 0 bridgehead atoms. The molecule has 0 aliphatic carbocycles. The van der Waals surface area contributed by atoms with E-state index in [4.69, 9.17) is 9.15 Å². The molecule has 0 unspecified atom stereocenters. The summed E-state index contributed by atoms with van der Waals surface area (Å²) in [6.07, 6.45) is 0. The van der Waals surface area contributed by atoms with Gasteiger partial charge in [0.1, 0.15) is 11.3 Å². The highest BCUT2D eigenvalue weighted by Gasteiger charge is 2.20. The van der Waals surface area contributed by atoms with Crippen LogP contribution in [0.5, 0.6) is 5.75 Å². The lowest BCUT2D eigenvalue weighted by atomic mass is 10.1. The second kappa shape index (κ2) is 7.88. The Hall–Kier alpha value is -3.09. The van der Waals surface area contributed by atoms with Crippen molar-refractivity contribution >= 4 is 16.9 Å². The van der Waals surface area contributed by atoms with Crippen LogP contribution < -0.4 is 10.4 Å². The number of nitrogens with zero attached hydrogens (tertiary/aromatic N) is 3. The molecule has 0 aliphatic rings. The quantitative estimate of drug-likeness (QED) is 0.611. The van der Waals surface area contributed by atoms with Crippen LogP contribution in [0, 0.1) is 13.8 Å². The number of carbonyl (C=O) groups is 1. The third-order valence-electron chi connectivity index (χ3n) is 4.83. The van der Waals surface area contributed by atoms with E-state index in [-0.39, 0.29) is 5.91 Å². The van der Waals surface area contributed by atoms with Crippen LogP contribution in [0.4, 0.5) is 0 Å². The average molecular weight is 383 g/mol. The Morgan fingerprint density at radius 3 is 2.64 bits per heavy atom.